The molecule has 0 atom stereocenters. The monoisotopic (exact) mass is 421 g/mol. The van der Waals surface area contributed by atoms with Crippen LogP contribution in [0.25, 0.3) is 0 Å². The minimum atomic E-state index is -0.538. The molecule has 0 aliphatic heterocycles. The van der Waals surface area contributed by atoms with Crippen molar-refractivity contribution in [1.29, 1.82) is 0 Å². The molecular formula is C20H20ClNO5S. The van der Waals surface area contributed by atoms with Crippen molar-refractivity contribution in [2.24, 2.45) is 0 Å². The predicted molar refractivity (Wildman–Crippen MR) is 109 cm³/mol. The lowest BCUT2D eigenvalue weighted by molar-refractivity contribution is -0.146. The molecule has 0 aliphatic rings. The van der Waals surface area contributed by atoms with Crippen LogP contribution in [0.3, 0.4) is 0 Å². The number of hydrogen-bond donors (Lipinski definition) is 0. The number of benzene rings is 2. The summed E-state index contributed by atoms with van der Waals surface area (Å²) in [5, 5.41) is 0.611. The fourth-order valence-electron chi connectivity index (χ4n) is 2.20. The second-order valence-corrected chi connectivity index (χ2v) is 7.01. The zero-order valence-corrected chi connectivity index (χ0v) is 16.9. The van der Waals surface area contributed by atoms with E-state index in [9.17, 15) is 14.4 Å². The SMILES string of the molecule is CCOC(=O)CN(C(=O)COC(=O)CSc1ccc(Cl)cc1)c1ccccc1. The molecule has 2 aromatic carbocycles. The summed E-state index contributed by atoms with van der Waals surface area (Å²) in [4.78, 5) is 38.4. The van der Waals surface area contributed by atoms with Crippen LogP contribution in [0.15, 0.2) is 59.5 Å². The number of hydrogen-bond acceptors (Lipinski definition) is 6. The average molecular weight is 422 g/mol. The topological polar surface area (TPSA) is 72.9 Å². The molecule has 0 saturated carbocycles. The third-order valence-corrected chi connectivity index (χ3v) is 4.73. The Morgan fingerprint density at radius 3 is 2.29 bits per heavy atom. The zero-order chi connectivity index (χ0) is 20.4. The number of rotatable bonds is 9. The van der Waals surface area contributed by atoms with Gasteiger partial charge < -0.3 is 9.47 Å². The summed E-state index contributed by atoms with van der Waals surface area (Å²) >= 11 is 7.10. The highest BCUT2D eigenvalue weighted by molar-refractivity contribution is 8.00. The molecule has 2 rings (SSSR count). The molecule has 0 radical (unpaired) electrons. The summed E-state index contributed by atoms with van der Waals surface area (Å²) in [6.45, 7) is 1.18. The van der Waals surface area contributed by atoms with Crippen molar-refractivity contribution in [3.8, 4) is 0 Å². The quantitative estimate of drug-likeness (QED) is 0.455. The van der Waals surface area contributed by atoms with E-state index in [2.05, 4.69) is 0 Å². The summed E-state index contributed by atoms with van der Waals surface area (Å²) in [5.41, 5.74) is 0.521. The summed E-state index contributed by atoms with van der Waals surface area (Å²) in [5.74, 6) is -1.52. The van der Waals surface area contributed by atoms with E-state index in [4.69, 9.17) is 21.1 Å². The number of esters is 2. The maximum absolute atomic E-state index is 12.5. The molecule has 8 heteroatoms. The van der Waals surface area contributed by atoms with E-state index in [0.29, 0.717) is 10.7 Å². The number of anilines is 1. The molecule has 2 aromatic rings. The molecule has 1 amide bonds. The van der Waals surface area contributed by atoms with Gasteiger partial charge in [-0.25, -0.2) is 0 Å². The van der Waals surface area contributed by atoms with Gasteiger partial charge in [-0.3, -0.25) is 19.3 Å². The minimum Gasteiger partial charge on any atom is -0.465 e. The summed E-state index contributed by atoms with van der Waals surface area (Å²) in [7, 11) is 0. The van der Waals surface area contributed by atoms with Crippen molar-refractivity contribution >= 4 is 46.9 Å². The Kier molecular flexibility index (Phi) is 8.84. The van der Waals surface area contributed by atoms with Crippen LogP contribution in [0.5, 0.6) is 0 Å². The second-order valence-electron chi connectivity index (χ2n) is 5.52. The van der Waals surface area contributed by atoms with Crippen molar-refractivity contribution < 1.29 is 23.9 Å². The normalized spacial score (nSPS) is 10.2. The smallest absolute Gasteiger partial charge is 0.326 e. The summed E-state index contributed by atoms with van der Waals surface area (Å²) in [6, 6.07) is 15.7. The fraction of sp³-hybridized carbons (Fsp3) is 0.250. The van der Waals surface area contributed by atoms with Crippen molar-refractivity contribution in [3.05, 3.63) is 59.6 Å². The Bertz CT molecular complexity index is 798. The second kappa shape index (κ2) is 11.4. The van der Waals surface area contributed by atoms with E-state index < -0.39 is 24.5 Å². The number of para-hydroxylation sites is 1. The first-order valence-electron chi connectivity index (χ1n) is 8.54. The number of nitrogens with zero attached hydrogens (tertiary/aromatic N) is 1. The van der Waals surface area contributed by atoms with Crippen LogP contribution in [0.4, 0.5) is 5.69 Å². The van der Waals surface area contributed by atoms with Crippen LogP contribution in [-0.4, -0.2) is 43.4 Å². The molecule has 0 heterocycles. The van der Waals surface area contributed by atoms with E-state index in [-0.39, 0.29) is 18.9 Å². The molecule has 0 aromatic heterocycles. The van der Waals surface area contributed by atoms with Crippen LogP contribution < -0.4 is 4.90 Å². The van der Waals surface area contributed by atoms with Crippen molar-refractivity contribution in [2.45, 2.75) is 11.8 Å². The number of thioether (sulfide) groups is 1. The highest BCUT2D eigenvalue weighted by Gasteiger charge is 2.21. The van der Waals surface area contributed by atoms with Crippen LogP contribution in [0.1, 0.15) is 6.92 Å². The zero-order valence-electron chi connectivity index (χ0n) is 15.3. The van der Waals surface area contributed by atoms with Crippen molar-refractivity contribution in [3.63, 3.8) is 0 Å². The van der Waals surface area contributed by atoms with Gasteiger partial charge in [0, 0.05) is 15.6 Å². The van der Waals surface area contributed by atoms with E-state index >= 15 is 0 Å². The Hall–Kier alpha value is -2.51. The molecule has 0 saturated heterocycles. The minimum absolute atomic E-state index is 0.0537. The molecule has 6 nitrogen and oxygen atoms in total. The molecule has 0 fully saturated rings. The van der Waals surface area contributed by atoms with Gasteiger partial charge in [-0.15, -0.1) is 11.8 Å². The number of carbonyl (C=O) groups excluding carboxylic acids is 3. The first kappa shape index (κ1) is 21.8. The van der Waals surface area contributed by atoms with Gasteiger partial charge in [-0.05, 0) is 43.3 Å². The van der Waals surface area contributed by atoms with Gasteiger partial charge in [0.25, 0.3) is 5.91 Å². The lowest BCUT2D eigenvalue weighted by atomic mass is 10.3. The number of amides is 1. The molecular weight excluding hydrogens is 402 g/mol. The van der Waals surface area contributed by atoms with Gasteiger partial charge in [-0.2, -0.15) is 0 Å². The van der Waals surface area contributed by atoms with Gasteiger partial charge in [0.2, 0.25) is 0 Å². The van der Waals surface area contributed by atoms with Gasteiger partial charge in [0.05, 0.1) is 12.4 Å². The van der Waals surface area contributed by atoms with Gasteiger partial charge in [0.1, 0.15) is 6.54 Å². The third-order valence-electron chi connectivity index (χ3n) is 3.49. The van der Waals surface area contributed by atoms with Crippen molar-refractivity contribution in [2.75, 3.05) is 30.4 Å². The lowest BCUT2D eigenvalue weighted by Crippen LogP contribution is -2.39. The Balaban J connectivity index is 1.90. The largest absolute Gasteiger partial charge is 0.465 e. The van der Waals surface area contributed by atoms with Crippen LogP contribution in [0, 0.1) is 0 Å². The summed E-state index contributed by atoms with van der Waals surface area (Å²) < 4.78 is 9.98. The number of halogens is 1. The predicted octanol–water partition coefficient (Wildman–Crippen LogP) is 3.57. The molecule has 0 spiro atoms. The van der Waals surface area contributed by atoms with Gasteiger partial charge in [-0.1, -0.05) is 29.8 Å². The molecule has 28 heavy (non-hydrogen) atoms. The standard InChI is InChI=1S/C20H20ClNO5S/c1-2-26-19(24)12-22(16-6-4-3-5-7-16)18(23)13-27-20(25)14-28-17-10-8-15(21)9-11-17/h3-11H,2,12-14H2,1H3. The Morgan fingerprint density at radius 2 is 1.64 bits per heavy atom. The average Bonchev–Trinajstić information content (AvgIpc) is 2.70. The number of ether oxygens (including phenoxy) is 2. The van der Waals surface area contributed by atoms with Crippen LogP contribution in [-0.2, 0) is 23.9 Å². The van der Waals surface area contributed by atoms with Crippen LogP contribution >= 0.6 is 23.4 Å². The van der Waals surface area contributed by atoms with Gasteiger partial charge >= 0.3 is 11.9 Å². The lowest BCUT2D eigenvalue weighted by Gasteiger charge is -2.21. The molecule has 0 unspecified atom stereocenters. The van der Waals surface area contributed by atoms with E-state index in [1.165, 1.54) is 16.7 Å². The van der Waals surface area contributed by atoms with Crippen LogP contribution in [0.2, 0.25) is 5.02 Å². The first-order chi connectivity index (χ1) is 13.5. The third kappa shape index (κ3) is 7.25. The number of carbonyl (C=O) groups is 3. The molecule has 0 aliphatic carbocycles. The van der Waals surface area contributed by atoms with Gasteiger partial charge in [0.15, 0.2) is 6.61 Å². The molecule has 0 bridgehead atoms. The Morgan fingerprint density at radius 1 is 0.964 bits per heavy atom. The maximum atomic E-state index is 12.5. The van der Waals surface area contributed by atoms with E-state index in [0.717, 1.165) is 4.90 Å². The van der Waals surface area contributed by atoms with E-state index in [1.807, 2.05) is 0 Å². The highest BCUT2D eigenvalue weighted by Crippen LogP contribution is 2.20. The van der Waals surface area contributed by atoms with E-state index in [1.54, 1.807) is 61.5 Å². The first-order valence-corrected chi connectivity index (χ1v) is 9.91. The maximum Gasteiger partial charge on any atom is 0.326 e. The van der Waals surface area contributed by atoms with Crippen molar-refractivity contribution in [1.82, 2.24) is 0 Å². The summed E-state index contributed by atoms with van der Waals surface area (Å²) in [6.07, 6.45) is 0. The molecule has 0 N–H and O–H groups in total. The molecule has 148 valence electrons. The fourth-order valence-corrected chi connectivity index (χ4v) is 3.02. The highest BCUT2D eigenvalue weighted by atomic mass is 35.5. The Labute approximate surface area is 172 Å².